The first-order valence-corrected chi connectivity index (χ1v) is 5.81. The Bertz CT molecular complexity index is 227. The standard InChI is InChI=1S/C13H24NO/c1-5-7-14(8-6-2)10-11(3)13(15)9-12(14)4/h5-6,11-13,15H,1-2,7-10H2,3-4H3/q+1/t11-,12+,13-/m0/s1. The number of likely N-dealkylation sites (tertiary alicyclic amines) is 1. The zero-order valence-corrected chi connectivity index (χ0v) is 10.0. The van der Waals surface area contributed by atoms with Crippen molar-refractivity contribution >= 4 is 0 Å². The van der Waals surface area contributed by atoms with Gasteiger partial charge in [0.2, 0.25) is 0 Å². The summed E-state index contributed by atoms with van der Waals surface area (Å²) >= 11 is 0. The van der Waals surface area contributed by atoms with E-state index in [-0.39, 0.29) is 6.10 Å². The van der Waals surface area contributed by atoms with Gasteiger partial charge in [0.05, 0.1) is 31.8 Å². The predicted molar refractivity (Wildman–Crippen MR) is 64.5 cm³/mol. The molecule has 86 valence electrons. The fraction of sp³-hybridized carbons (Fsp3) is 0.692. The highest BCUT2D eigenvalue weighted by Crippen LogP contribution is 2.29. The van der Waals surface area contributed by atoms with Crippen LogP contribution in [0.15, 0.2) is 25.3 Å². The maximum absolute atomic E-state index is 9.86. The fourth-order valence-corrected chi connectivity index (χ4v) is 2.78. The first-order chi connectivity index (χ1) is 7.05. The zero-order chi connectivity index (χ0) is 11.5. The molecule has 0 amide bonds. The first-order valence-electron chi connectivity index (χ1n) is 5.81. The number of nitrogens with zero attached hydrogens (tertiary/aromatic N) is 1. The average molecular weight is 210 g/mol. The maximum atomic E-state index is 9.86. The maximum Gasteiger partial charge on any atom is 0.0975 e. The quantitative estimate of drug-likeness (QED) is 0.555. The van der Waals surface area contributed by atoms with Gasteiger partial charge in [-0.05, 0) is 19.1 Å². The van der Waals surface area contributed by atoms with Crippen LogP contribution < -0.4 is 0 Å². The Morgan fingerprint density at radius 2 is 1.80 bits per heavy atom. The van der Waals surface area contributed by atoms with Crippen LogP contribution in [0.25, 0.3) is 0 Å². The summed E-state index contributed by atoms with van der Waals surface area (Å²) in [6, 6.07) is 0.493. The smallest absolute Gasteiger partial charge is 0.0975 e. The van der Waals surface area contributed by atoms with E-state index in [1.807, 2.05) is 12.2 Å². The van der Waals surface area contributed by atoms with Crippen LogP contribution in [0.3, 0.4) is 0 Å². The van der Waals surface area contributed by atoms with E-state index in [1.54, 1.807) is 0 Å². The third-order valence-electron chi connectivity index (χ3n) is 3.81. The SMILES string of the molecule is C=CC[N+]1(CC=C)C[C@H](C)[C@@H](O)C[C@H]1C. The number of hydrogen-bond acceptors (Lipinski definition) is 1. The molecular weight excluding hydrogens is 186 g/mol. The molecular formula is C13H24NO+. The van der Waals surface area contributed by atoms with E-state index in [2.05, 4.69) is 27.0 Å². The molecule has 3 atom stereocenters. The number of aliphatic hydroxyl groups is 1. The molecule has 1 rings (SSSR count). The second-order valence-corrected chi connectivity index (χ2v) is 4.97. The molecule has 1 aliphatic rings. The minimum absolute atomic E-state index is 0.138. The highest BCUT2D eigenvalue weighted by Gasteiger charge is 2.41. The van der Waals surface area contributed by atoms with E-state index in [9.17, 15) is 5.11 Å². The van der Waals surface area contributed by atoms with Gasteiger partial charge in [0.15, 0.2) is 0 Å². The molecule has 1 aliphatic heterocycles. The monoisotopic (exact) mass is 210 g/mol. The third kappa shape index (κ3) is 2.50. The molecule has 1 saturated heterocycles. The Kier molecular flexibility index (Phi) is 4.12. The van der Waals surface area contributed by atoms with Crippen LogP contribution in [0.2, 0.25) is 0 Å². The van der Waals surface area contributed by atoms with Gasteiger partial charge in [-0.25, -0.2) is 0 Å². The molecule has 0 aliphatic carbocycles. The minimum Gasteiger partial charge on any atom is -0.392 e. The normalized spacial score (nSPS) is 34.7. The van der Waals surface area contributed by atoms with Crippen molar-refractivity contribution in [1.29, 1.82) is 0 Å². The van der Waals surface area contributed by atoms with Crippen molar-refractivity contribution in [1.82, 2.24) is 0 Å². The second-order valence-electron chi connectivity index (χ2n) is 4.97. The number of rotatable bonds is 4. The van der Waals surface area contributed by atoms with Gasteiger partial charge in [0.1, 0.15) is 0 Å². The molecule has 0 radical (unpaired) electrons. The molecule has 0 bridgehead atoms. The van der Waals surface area contributed by atoms with Gasteiger partial charge in [0, 0.05) is 12.3 Å². The van der Waals surface area contributed by atoms with Gasteiger partial charge in [-0.3, -0.25) is 0 Å². The molecule has 2 heteroatoms. The summed E-state index contributed by atoms with van der Waals surface area (Å²) < 4.78 is 1.01. The van der Waals surface area contributed by atoms with E-state index in [4.69, 9.17) is 0 Å². The summed E-state index contributed by atoms with van der Waals surface area (Å²) in [7, 11) is 0. The molecule has 2 nitrogen and oxygen atoms in total. The Balaban J connectivity index is 2.84. The Morgan fingerprint density at radius 3 is 2.27 bits per heavy atom. The molecule has 1 heterocycles. The van der Waals surface area contributed by atoms with Crippen molar-refractivity contribution in [3.63, 3.8) is 0 Å². The van der Waals surface area contributed by atoms with E-state index >= 15 is 0 Å². The summed E-state index contributed by atoms with van der Waals surface area (Å²) in [6.07, 6.45) is 4.73. The van der Waals surface area contributed by atoms with Crippen LogP contribution in [-0.4, -0.2) is 41.4 Å². The van der Waals surface area contributed by atoms with Crippen LogP contribution in [0.1, 0.15) is 20.3 Å². The summed E-state index contributed by atoms with van der Waals surface area (Å²) in [5, 5.41) is 9.86. The summed E-state index contributed by atoms with van der Waals surface area (Å²) in [5.41, 5.74) is 0. The average Bonchev–Trinajstić information content (AvgIpc) is 2.16. The van der Waals surface area contributed by atoms with Crippen LogP contribution in [0, 0.1) is 5.92 Å². The van der Waals surface area contributed by atoms with Crippen molar-refractivity contribution in [2.24, 2.45) is 5.92 Å². The molecule has 0 aromatic carbocycles. The molecule has 0 aromatic heterocycles. The molecule has 0 aromatic rings. The highest BCUT2D eigenvalue weighted by atomic mass is 16.3. The predicted octanol–water partition coefficient (Wildman–Crippen LogP) is 1.96. The van der Waals surface area contributed by atoms with Crippen molar-refractivity contribution in [3.05, 3.63) is 25.3 Å². The Hall–Kier alpha value is -0.600. The van der Waals surface area contributed by atoms with Crippen LogP contribution in [0.4, 0.5) is 0 Å². The van der Waals surface area contributed by atoms with Gasteiger partial charge in [0.25, 0.3) is 0 Å². The van der Waals surface area contributed by atoms with E-state index in [0.29, 0.717) is 12.0 Å². The number of hydrogen-bond donors (Lipinski definition) is 1. The lowest BCUT2D eigenvalue weighted by molar-refractivity contribution is -0.948. The highest BCUT2D eigenvalue weighted by molar-refractivity contribution is 4.81. The fourth-order valence-electron chi connectivity index (χ4n) is 2.78. The number of aliphatic hydroxyl groups excluding tert-OH is 1. The summed E-state index contributed by atoms with van der Waals surface area (Å²) in [6.45, 7) is 15.0. The number of piperidine rings is 1. The van der Waals surface area contributed by atoms with Crippen molar-refractivity contribution in [2.75, 3.05) is 19.6 Å². The molecule has 1 N–H and O–H groups in total. The summed E-state index contributed by atoms with van der Waals surface area (Å²) in [5.74, 6) is 0.376. The Labute approximate surface area is 93.5 Å². The second kappa shape index (κ2) is 4.95. The lowest BCUT2D eigenvalue weighted by Crippen LogP contribution is -2.62. The number of quaternary nitrogens is 1. The van der Waals surface area contributed by atoms with Crippen LogP contribution in [0.5, 0.6) is 0 Å². The zero-order valence-electron chi connectivity index (χ0n) is 10.0. The third-order valence-corrected chi connectivity index (χ3v) is 3.81. The van der Waals surface area contributed by atoms with E-state index < -0.39 is 0 Å². The van der Waals surface area contributed by atoms with Gasteiger partial charge in [-0.1, -0.05) is 20.1 Å². The molecule has 1 fully saturated rings. The van der Waals surface area contributed by atoms with Gasteiger partial charge in [-0.15, -0.1) is 0 Å². The molecule has 0 spiro atoms. The molecule has 15 heavy (non-hydrogen) atoms. The van der Waals surface area contributed by atoms with Gasteiger partial charge in [-0.2, -0.15) is 0 Å². The van der Waals surface area contributed by atoms with Crippen LogP contribution in [-0.2, 0) is 0 Å². The van der Waals surface area contributed by atoms with Crippen molar-refractivity contribution in [3.8, 4) is 0 Å². The van der Waals surface area contributed by atoms with Crippen molar-refractivity contribution < 1.29 is 9.59 Å². The lowest BCUT2D eigenvalue weighted by Gasteiger charge is -2.49. The first kappa shape index (κ1) is 12.5. The van der Waals surface area contributed by atoms with Crippen molar-refractivity contribution in [2.45, 2.75) is 32.4 Å². The van der Waals surface area contributed by atoms with Gasteiger partial charge < -0.3 is 9.59 Å². The van der Waals surface area contributed by atoms with E-state index in [1.165, 1.54) is 0 Å². The Morgan fingerprint density at radius 1 is 1.27 bits per heavy atom. The topological polar surface area (TPSA) is 20.2 Å². The van der Waals surface area contributed by atoms with Crippen LogP contribution >= 0.6 is 0 Å². The summed E-state index contributed by atoms with van der Waals surface area (Å²) in [4.78, 5) is 0. The van der Waals surface area contributed by atoms with Gasteiger partial charge >= 0.3 is 0 Å². The minimum atomic E-state index is -0.138. The van der Waals surface area contributed by atoms with E-state index in [0.717, 1.165) is 30.5 Å². The molecule has 0 saturated carbocycles. The largest absolute Gasteiger partial charge is 0.392 e. The lowest BCUT2D eigenvalue weighted by atomic mass is 9.89. The molecule has 0 unspecified atom stereocenters.